The third-order valence-electron chi connectivity index (χ3n) is 2.66. The van der Waals surface area contributed by atoms with Gasteiger partial charge in [0.15, 0.2) is 5.96 Å². The Morgan fingerprint density at radius 3 is 2.29 bits per heavy atom. The van der Waals surface area contributed by atoms with Gasteiger partial charge in [-0.05, 0) is 19.4 Å². The fraction of sp³-hybridized carbons (Fsp3) is 0.500. The lowest BCUT2D eigenvalue weighted by molar-refractivity contribution is 0.581. The molecule has 7 heteroatoms. The largest absolute Gasteiger partial charge is 0.357 e. The molecule has 0 bridgehead atoms. The number of rotatable bonds is 8. The second-order valence-corrected chi connectivity index (χ2v) is 6.34. The molecule has 0 aliphatic carbocycles. The Hall–Kier alpha value is -1.60. The quantitative estimate of drug-likeness (QED) is 0.487. The number of nitrogens with zero attached hydrogens (tertiary/aromatic N) is 1. The van der Waals surface area contributed by atoms with Crippen molar-refractivity contribution in [2.24, 2.45) is 4.99 Å². The molecular formula is C14H24N4O2S. The van der Waals surface area contributed by atoms with Crippen molar-refractivity contribution in [3.8, 4) is 0 Å². The maximum Gasteiger partial charge on any atom is 0.213 e. The molecule has 118 valence electrons. The minimum absolute atomic E-state index is 0.0277. The first kappa shape index (κ1) is 17.5. The normalized spacial score (nSPS) is 11.0. The molecule has 0 amide bonds. The van der Waals surface area contributed by atoms with E-state index >= 15 is 0 Å². The Labute approximate surface area is 127 Å². The average molecular weight is 312 g/mol. The number of benzene rings is 1. The molecule has 0 fully saturated rings. The zero-order valence-electron chi connectivity index (χ0n) is 12.6. The van der Waals surface area contributed by atoms with Crippen molar-refractivity contribution in [2.45, 2.75) is 20.4 Å². The van der Waals surface area contributed by atoms with Crippen LogP contribution in [0.1, 0.15) is 19.4 Å². The lowest BCUT2D eigenvalue weighted by atomic mass is 10.2. The van der Waals surface area contributed by atoms with Crippen LogP contribution in [0.15, 0.2) is 35.3 Å². The molecule has 3 N–H and O–H groups in total. The van der Waals surface area contributed by atoms with Crippen molar-refractivity contribution in [2.75, 3.05) is 25.4 Å². The molecule has 0 unspecified atom stereocenters. The van der Waals surface area contributed by atoms with Gasteiger partial charge in [0.05, 0.1) is 12.3 Å². The monoisotopic (exact) mass is 312 g/mol. The van der Waals surface area contributed by atoms with E-state index in [0.29, 0.717) is 12.5 Å². The number of hydrogen-bond acceptors (Lipinski definition) is 3. The first-order valence-corrected chi connectivity index (χ1v) is 8.76. The Morgan fingerprint density at radius 1 is 1.10 bits per heavy atom. The topological polar surface area (TPSA) is 82.6 Å². The minimum Gasteiger partial charge on any atom is -0.357 e. The number of sulfonamides is 1. The van der Waals surface area contributed by atoms with Crippen LogP contribution in [0.3, 0.4) is 0 Å². The minimum atomic E-state index is -3.32. The van der Waals surface area contributed by atoms with E-state index in [0.717, 1.165) is 18.7 Å². The van der Waals surface area contributed by atoms with Crippen LogP contribution in [0.25, 0.3) is 0 Å². The molecule has 1 aromatic carbocycles. The fourth-order valence-electron chi connectivity index (χ4n) is 1.65. The summed E-state index contributed by atoms with van der Waals surface area (Å²) >= 11 is 0. The molecule has 0 radical (unpaired) electrons. The third-order valence-corrected chi connectivity index (χ3v) is 3.96. The molecule has 0 aliphatic rings. The van der Waals surface area contributed by atoms with E-state index in [1.807, 2.05) is 44.2 Å². The van der Waals surface area contributed by atoms with Gasteiger partial charge in [0.25, 0.3) is 0 Å². The van der Waals surface area contributed by atoms with Gasteiger partial charge in [0.1, 0.15) is 0 Å². The maximum atomic E-state index is 11.9. The maximum absolute atomic E-state index is 11.9. The summed E-state index contributed by atoms with van der Waals surface area (Å²) < 4.78 is 26.3. The van der Waals surface area contributed by atoms with Crippen LogP contribution >= 0.6 is 0 Å². The molecule has 0 aliphatic heterocycles. The van der Waals surface area contributed by atoms with E-state index in [-0.39, 0.29) is 12.3 Å². The van der Waals surface area contributed by atoms with Crippen LogP contribution in [-0.2, 0) is 16.6 Å². The highest BCUT2D eigenvalue weighted by Crippen LogP contribution is 1.98. The van der Waals surface area contributed by atoms with Crippen molar-refractivity contribution >= 4 is 16.0 Å². The summed E-state index contributed by atoms with van der Waals surface area (Å²) in [6, 6.07) is 9.43. The number of hydrogen-bond donors (Lipinski definition) is 3. The first-order valence-electron chi connectivity index (χ1n) is 7.11. The highest BCUT2D eigenvalue weighted by molar-refractivity contribution is 7.89. The Kier molecular flexibility index (Phi) is 7.78. The molecular weight excluding hydrogens is 288 g/mol. The van der Waals surface area contributed by atoms with Gasteiger partial charge in [0.2, 0.25) is 10.0 Å². The Balaban J connectivity index is 2.43. The Bertz CT molecular complexity index is 521. The van der Waals surface area contributed by atoms with Crippen molar-refractivity contribution in [1.82, 2.24) is 15.4 Å². The summed E-state index contributed by atoms with van der Waals surface area (Å²) in [6.45, 7) is 5.94. The molecule has 1 rings (SSSR count). The zero-order chi connectivity index (χ0) is 15.6. The summed E-state index contributed by atoms with van der Waals surface area (Å²) in [7, 11) is -3.32. The van der Waals surface area contributed by atoms with Gasteiger partial charge >= 0.3 is 0 Å². The Morgan fingerprint density at radius 2 is 1.71 bits per heavy atom. The van der Waals surface area contributed by atoms with E-state index in [1.165, 1.54) is 0 Å². The number of nitrogens with one attached hydrogen (secondary N) is 3. The van der Waals surface area contributed by atoms with Crippen LogP contribution in [0.5, 0.6) is 0 Å². The van der Waals surface area contributed by atoms with E-state index in [4.69, 9.17) is 0 Å². The molecule has 0 saturated carbocycles. The van der Waals surface area contributed by atoms with Crippen LogP contribution in [-0.4, -0.2) is 39.8 Å². The smallest absolute Gasteiger partial charge is 0.213 e. The number of aliphatic imine (C=N–C) groups is 1. The zero-order valence-corrected chi connectivity index (χ0v) is 13.4. The number of guanidine groups is 1. The second-order valence-electron chi connectivity index (χ2n) is 4.42. The van der Waals surface area contributed by atoms with Gasteiger partial charge in [-0.1, -0.05) is 30.3 Å². The highest BCUT2D eigenvalue weighted by Gasteiger charge is 2.09. The summed E-state index contributed by atoms with van der Waals surface area (Å²) in [5.41, 5.74) is 0.936. The molecule has 1 aromatic rings. The standard InChI is InChI=1S/C14H24N4O2S/c1-3-15-14(16-4-2)17-10-11-21(19,20)18-12-13-8-6-5-7-9-13/h5-9,18H,3-4,10-12H2,1-2H3,(H2,15,16,17). The predicted octanol–water partition coefficient (Wildman–Crippen LogP) is 0.681. The average Bonchev–Trinajstić information content (AvgIpc) is 2.47. The van der Waals surface area contributed by atoms with Gasteiger partial charge in [-0.2, -0.15) is 0 Å². The van der Waals surface area contributed by atoms with Crippen LogP contribution < -0.4 is 15.4 Å². The van der Waals surface area contributed by atoms with Crippen LogP contribution in [0, 0.1) is 0 Å². The summed E-state index contributed by atoms with van der Waals surface area (Å²) in [4.78, 5) is 4.22. The van der Waals surface area contributed by atoms with Gasteiger partial charge in [0, 0.05) is 19.6 Å². The lowest BCUT2D eigenvalue weighted by Gasteiger charge is -2.09. The summed E-state index contributed by atoms with van der Waals surface area (Å²) in [5.74, 6) is 0.610. The molecule has 21 heavy (non-hydrogen) atoms. The second kappa shape index (κ2) is 9.36. The van der Waals surface area contributed by atoms with Crippen molar-refractivity contribution in [3.63, 3.8) is 0 Å². The summed E-state index contributed by atoms with van der Waals surface area (Å²) in [5, 5.41) is 6.10. The third kappa shape index (κ3) is 7.67. The SMILES string of the molecule is CCNC(=NCCS(=O)(=O)NCc1ccccc1)NCC. The van der Waals surface area contributed by atoms with Gasteiger partial charge in [-0.3, -0.25) is 4.99 Å². The van der Waals surface area contributed by atoms with E-state index < -0.39 is 10.0 Å². The molecule has 0 heterocycles. The van der Waals surface area contributed by atoms with E-state index in [1.54, 1.807) is 0 Å². The summed E-state index contributed by atoms with van der Waals surface area (Å²) in [6.07, 6.45) is 0. The molecule has 0 spiro atoms. The van der Waals surface area contributed by atoms with Gasteiger partial charge in [-0.25, -0.2) is 13.1 Å². The van der Waals surface area contributed by atoms with Crippen molar-refractivity contribution in [1.29, 1.82) is 0 Å². The fourth-order valence-corrected chi connectivity index (χ4v) is 2.51. The lowest BCUT2D eigenvalue weighted by Crippen LogP contribution is -2.37. The van der Waals surface area contributed by atoms with E-state index in [9.17, 15) is 8.42 Å². The molecule has 6 nitrogen and oxygen atoms in total. The van der Waals surface area contributed by atoms with Gasteiger partial charge in [-0.15, -0.1) is 0 Å². The predicted molar refractivity (Wildman–Crippen MR) is 86.7 cm³/mol. The highest BCUT2D eigenvalue weighted by atomic mass is 32.2. The molecule has 0 aromatic heterocycles. The van der Waals surface area contributed by atoms with Crippen LogP contribution in [0.2, 0.25) is 0 Å². The van der Waals surface area contributed by atoms with Crippen LogP contribution in [0.4, 0.5) is 0 Å². The van der Waals surface area contributed by atoms with Crippen molar-refractivity contribution < 1.29 is 8.42 Å². The van der Waals surface area contributed by atoms with Crippen molar-refractivity contribution in [3.05, 3.63) is 35.9 Å². The molecule has 0 atom stereocenters. The van der Waals surface area contributed by atoms with E-state index in [2.05, 4.69) is 20.3 Å². The first-order chi connectivity index (χ1) is 10.1. The van der Waals surface area contributed by atoms with Gasteiger partial charge < -0.3 is 10.6 Å². The molecule has 0 saturated heterocycles.